The number of aryl methyl sites for hydroxylation is 1. The minimum absolute atomic E-state index is 0.771. The zero-order valence-electron chi connectivity index (χ0n) is 7.55. The highest BCUT2D eigenvalue weighted by molar-refractivity contribution is 5.27. The van der Waals surface area contributed by atoms with Gasteiger partial charge >= 0.3 is 0 Å². The summed E-state index contributed by atoms with van der Waals surface area (Å²) in [6.07, 6.45) is 1.02. The molecule has 66 valence electrons. The molecule has 0 unspecified atom stereocenters. The van der Waals surface area contributed by atoms with Crippen molar-refractivity contribution in [2.24, 2.45) is 0 Å². The van der Waals surface area contributed by atoms with Crippen LogP contribution in [0.5, 0.6) is 5.75 Å². The molecule has 3 N–H and O–H groups in total. The van der Waals surface area contributed by atoms with E-state index in [1.165, 1.54) is 5.56 Å². The van der Waals surface area contributed by atoms with Crippen LogP contribution in [-0.2, 0) is 0 Å². The summed E-state index contributed by atoms with van der Waals surface area (Å²) < 4.78 is 5.49. The van der Waals surface area contributed by atoms with E-state index in [0.717, 1.165) is 25.3 Å². The Balaban J connectivity index is 2.41. The van der Waals surface area contributed by atoms with Crippen LogP contribution in [0.2, 0.25) is 0 Å². The first kappa shape index (κ1) is 9.07. The lowest BCUT2D eigenvalue weighted by Gasteiger charge is -2.04. The quantitative estimate of drug-likeness (QED) is 0.666. The average molecular weight is 166 g/mol. The van der Waals surface area contributed by atoms with Gasteiger partial charge in [-0.25, -0.2) is 0 Å². The maximum Gasteiger partial charge on any atom is 0.119 e. The molecule has 0 saturated heterocycles. The van der Waals surface area contributed by atoms with Crippen molar-refractivity contribution >= 4 is 0 Å². The Bertz CT molecular complexity index is 235. The van der Waals surface area contributed by atoms with Crippen molar-refractivity contribution < 1.29 is 10.5 Å². The third-order valence-electron chi connectivity index (χ3n) is 1.65. The smallest absolute Gasteiger partial charge is 0.119 e. The molecule has 12 heavy (non-hydrogen) atoms. The van der Waals surface area contributed by atoms with Crippen LogP contribution in [0.4, 0.5) is 0 Å². The van der Waals surface area contributed by atoms with Gasteiger partial charge in [0.25, 0.3) is 0 Å². The van der Waals surface area contributed by atoms with E-state index >= 15 is 0 Å². The summed E-state index contributed by atoms with van der Waals surface area (Å²) in [7, 11) is 0. The molecule has 0 aliphatic rings. The molecular weight excluding hydrogens is 150 g/mol. The lowest BCUT2D eigenvalue weighted by Crippen LogP contribution is -2.50. The minimum atomic E-state index is 0.771. The van der Waals surface area contributed by atoms with Gasteiger partial charge in [0.05, 0.1) is 13.2 Å². The Hall–Kier alpha value is -1.02. The molecule has 0 radical (unpaired) electrons. The van der Waals surface area contributed by atoms with E-state index in [-0.39, 0.29) is 0 Å². The predicted octanol–water partition coefficient (Wildman–Crippen LogP) is 1.01. The van der Waals surface area contributed by atoms with Gasteiger partial charge in [0.1, 0.15) is 5.75 Å². The van der Waals surface area contributed by atoms with E-state index < -0.39 is 0 Å². The third-order valence-corrected chi connectivity index (χ3v) is 1.65. The van der Waals surface area contributed by atoms with Crippen LogP contribution in [0, 0.1) is 6.92 Å². The van der Waals surface area contributed by atoms with Gasteiger partial charge in [0.2, 0.25) is 0 Å². The summed E-state index contributed by atoms with van der Waals surface area (Å²) in [5, 5.41) is 0. The van der Waals surface area contributed by atoms with Gasteiger partial charge in [-0.1, -0.05) is 12.1 Å². The first-order valence-corrected chi connectivity index (χ1v) is 4.31. The first-order chi connectivity index (χ1) is 5.83. The Morgan fingerprint density at radius 3 is 2.92 bits per heavy atom. The van der Waals surface area contributed by atoms with Crippen LogP contribution in [0.25, 0.3) is 0 Å². The van der Waals surface area contributed by atoms with Crippen LogP contribution in [0.15, 0.2) is 24.3 Å². The standard InChI is InChI=1S/C10H15NO/c1-9-4-2-5-10(8-9)12-7-3-6-11/h2,4-5,8H,3,6-7,11H2,1H3/p+1. The van der Waals surface area contributed by atoms with Crippen LogP contribution in [0.3, 0.4) is 0 Å². The monoisotopic (exact) mass is 166 g/mol. The lowest BCUT2D eigenvalue weighted by molar-refractivity contribution is -0.368. The fourth-order valence-electron chi connectivity index (χ4n) is 0.997. The van der Waals surface area contributed by atoms with Crippen LogP contribution < -0.4 is 10.5 Å². The maximum atomic E-state index is 5.49. The molecule has 2 heteroatoms. The van der Waals surface area contributed by atoms with E-state index in [9.17, 15) is 0 Å². The van der Waals surface area contributed by atoms with Crippen molar-refractivity contribution in [3.8, 4) is 5.75 Å². The van der Waals surface area contributed by atoms with Crippen LogP contribution >= 0.6 is 0 Å². The van der Waals surface area contributed by atoms with Gasteiger partial charge < -0.3 is 10.5 Å². The number of hydrogen-bond donors (Lipinski definition) is 1. The highest BCUT2D eigenvalue weighted by Gasteiger charge is 1.92. The molecule has 0 heterocycles. The summed E-state index contributed by atoms with van der Waals surface area (Å²) in [5.41, 5.74) is 4.99. The van der Waals surface area contributed by atoms with Crippen molar-refractivity contribution in [2.45, 2.75) is 13.3 Å². The average Bonchev–Trinajstić information content (AvgIpc) is 2.05. The summed E-state index contributed by atoms with van der Waals surface area (Å²) in [6, 6.07) is 8.10. The van der Waals surface area contributed by atoms with Gasteiger partial charge in [0.15, 0.2) is 0 Å². The lowest BCUT2D eigenvalue weighted by atomic mass is 10.2. The molecule has 0 spiro atoms. The Morgan fingerprint density at radius 1 is 1.42 bits per heavy atom. The predicted molar refractivity (Wildman–Crippen MR) is 49.0 cm³/mol. The zero-order chi connectivity index (χ0) is 8.81. The molecular formula is C10H16NO+. The van der Waals surface area contributed by atoms with E-state index in [1.54, 1.807) is 0 Å². The summed E-state index contributed by atoms with van der Waals surface area (Å²) in [5.74, 6) is 0.962. The van der Waals surface area contributed by atoms with E-state index in [1.807, 2.05) is 18.2 Å². The Labute approximate surface area is 73.3 Å². The fourth-order valence-corrected chi connectivity index (χ4v) is 0.997. The van der Waals surface area contributed by atoms with Crippen molar-refractivity contribution in [1.82, 2.24) is 0 Å². The Morgan fingerprint density at radius 2 is 2.25 bits per heavy atom. The summed E-state index contributed by atoms with van der Waals surface area (Å²) in [4.78, 5) is 0. The van der Waals surface area contributed by atoms with Crippen molar-refractivity contribution in [2.75, 3.05) is 13.2 Å². The molecule has 0 atom stereocenters. The second-order valence-corrected chi connectivity index (χ2v) is 2.87. The van der Waals surface area contributed by atoms with Gasteiger partial charge in [-0.15, -0.1) is 0 Å². The normalized spacial score (nSPS) is 9.83. The van der Waals surface area contributed by atoms with Crippen molar-refractivity contribution in [1.29, 1.82) is 0 Å². The summed E-state index contributed by atoms with van der Waals surface area (Å²) in [6.45, 7) is 3.77. The largest absolute Gasteiger partial charge is 0.493 e. The first-order valence-electron chi connectivity index (χ1n) is 4.31. The number of ether oxygens (including phenoxy) is 1. The highest BCUT2D eigenvalue weighted by atomic mass is 16.5. The van der Waals surface area contributed by atoms with Crippen LogP contribution in [0.1, 0.15) is 12.0 Å². The Kier molecular flexibility index (Phi) is 3.61. The topological polar surface area (TPSA) is 36.9 Å². The number of benzene rings is 1. The van der Waals surface area contributed by atoms with E-state index in [0.29, 0.717) is 0 Å². The zero-order valence-corrected chi connectivity index (χ0v) is 7.55. The van der Waals surface area contributed by atoms with Crippen molar-refractivity contribution in [3.05, 3.63) is 29.8 Å². The number of hydrogen-bond acceptors (Lipinski definition) is 1. The maximum absolute atomic E-state index is 5.49. The fraction of sp³-hybridized carbons (Fsp3) is 0.400. The van der Waals surface area contributed by atoms with Crippen molar-refractivity contribution in [3.63, 3.8) is 0 Å². The van der Waals surface area contributed by atoms with E-state index in [4.69, 9.17) is 4.74 Å². The molecule has 1 aromatic carbocycles. The molecule has 0 aromatic heterocycles. The molecule has 0 fully saturated rings. The molecule has 0 amide bonds. The van der Waals surface area contributed by atoms with Crippen LogP contribution in [-0.4, -0.2) is 13.2 Å². The minimum Gasteiger partial charge on any atom is -0.493 e. The molecule has 1 aromatic rings. The van der Waals surface area contributed by atoms with Gasteiger partial charge in [-0.05, 0) is 24.6 Å². The van der Waals surface area contributed by atoms with Gasteiger partial charge in [0, 0.05) is 6.42 Å². The molecule has 2 nitrogen and oxygen atoms in total. The van der Waals surface area contributed by atoms with E-state index in [2.05, 4.69) is 18.7 Å². The summed E-state index contributed by atoms with van der Waals surface area (Å²) >= 11 is 0. The van der Waals surface area contributed by atoms with Gasteiger partial charge in [-0.3, -0.25) is 0 Å². The second-order valence-electron chi connectivity index (χ2n) is 2.87. The molecule has 1 rings (SSSR count). The third kappa shape index (κ3) is 2.93. The molecule has 0 saturated carbocycles. The molecule has 0 aliphatic carbocycles. The number of quaternary nitrogens is 1. The van der Waals surface area contributed by atoms with Gasteiger partial charge in [-0.2, -0.15) is 0 Å². The molecule has 0 aliphatic heterocycles. The number of rotatable bonds is 4. The molecule has 0 bridgehead atoms. The second kappa shape index (κ2) is 4.78. The highest BCUT2D eigenvalue weighted by Crippen LogP contribution is 2.11. The SMILES string of the molecule is Cc1cccc(OCCC[NH3+])c1.